The molecule has 9 heteroatoms. The first-order chi connectivity index (χ1) is 15.3. The van der Waals surface area contributed by atoms with Crippen LogP contribution in [0.25, 0.3) is 11.0 Å². The van der Waals surface area contributed by atoms with Gasteiger partial charge in [-0.15, -0.1) is 0 Å². The van der Waals surface area contributed by atoms with E-state index in [0.717, 1.165) is 0 Å². The molecule has 0 bridgehead atoms. The summed E-state index contributed by atoms with van der Waals surface area (Å²) in [5.41, 5.74) is 1.63. The summed E-state index contributed by atoms with van der Waals surface area (Å²) in [6, 6.07) is 12.0. The zero-order valence-electron chi connectivity index (χ0n) is 18.3. The summed E-state index contributed by atoms with van der Waals surface area (Å²) in [7, 11) is 4.52. The number of ether oxygens (including phenoxy) is 3. The summed E-state index contributed by atoms with van der Waals surface area (Å²) in [5.74, 6) is -0.458. The predicted molar refractivity (Wildman–Crippen MR) is 117 cm³/mol. The molecule has 0 saturated heterocycles. The van der Waals surface area contributed by atoms with E-state index in [4.69, 9.17) is 18.6 Å². The van der Waals surface area contributed by atoms with Gasteiger partial charge in [-0.25, -0.2) is 4.79 Å². The highest BCUT2D eigenvalue weighted by atomic mass is 16.5. The summed E-state index contributed by atoms with van der Waals surface area (Å²) < 4.78 is 21.0. The number of hydrogen-bond donors (Lipinski definition) is 1. The number of carbonyl (C=O) groups is 3. The Bertz CT molecular complexity index is 1150. The lowest BCUT2D eigenvalue weighted by Crippen LogP contribution is -2.37. The van der Waals surface area contributed by atoms with E-state index in [1.165, 1.54) is 19.1 Å². The molecule has 1 N–H and O–H groups in total. The first-order valence-electron chi connectivity index (χ1n) is 9.74. The first kappa shape index (κ1) is 22.7. The molecular formula is C23H24N2O7. The summed E-state index contributed by atoms with van der Waals surface area (Å²) in [4.78, 5) is 38.1. The number of benzene rings is 2. The minimum Gasteiger partial charge on any atom is -0.497 e. The number of likely N-dealkylation sites (N-methyl/N-ethyl adjacent to an activating group) is 1. The highest BCUT2D eigenvalue weighted by Crippen LogP contribution is 2.29. The molecule has 2 amide bonds. The van der Waals surface area contributed by atoms with Crippen LogP contribution in [0.5, 0.6) is 11.5 Å². The fraction of sp³-hybridized carbons (Fsp3) is 0.261. The molecule has 32 heavy (non-hydrogen) atoms. The van der Waals surface area contributed by atoms with Gasteiger partial charge in [-0.05, 0) is 37.3 Å². The van der Waals surface area contributed by atoms with E-state index >= 15 is 0 Å². The number of fused-ring (bicyclic) bond motifs is 1. The van der Waals surface area contributed by atoms with Crippen LogP contribution in [0, 0.1) is 6.92 Å². The van der Waals surface area contributed by atoms with Crippen molar-refractivity contribution < 1.29 is 33.0 Å². The van der Waals surface area contributed by atoms with Crippen molar-refractivity contribution >= 4 is 34.4 Å². The number of amides is 2. The number of carbonyl (C=O) groups excluding carboxylic acids is 3. The number of hydrogen-bond acceptors (Lipinski definition) is 7. The maximum absolute atomic E-state index is 12.4. The second-order valence-electron chi connectivity index (χ2n) is 7.02. The van der Waals surface area contributed by atoms with E-state index in [1.54, 1.807) is 56.5 Å². The van der Waals surface area contributed by atoms with Gasteiger partial charge in [0.15, 0.2) is 6.61 Å². The van der Waals surface area contributed by atoms with Crippen LogP contribution in [0.1, 0.15) is 16.1 Å². The topological polar surface area (TPSA) is 107 Å². The Hall–Kier alpha value is -4.01. The molecule has 2 aromatic carbocycles. The molecule has 0 aliphatic heterocycles. The SMILES string of the molecule is COc1cccc(NC(=O)CN(C)C(=O)COC(=O)c2oc3ccc(OC)cc3c2C)c1. The molecule has 0 aliphatic rings. The minimum absolute atomic E-state index is 0.0134. The Labute approximate surface area is 184 Å². The lowest BCUT2D eigenvalue weighted by atomic mass is 10.1. The molecule has 0 unspecified atom stereocenters. The van der Waals surface area contributed by atoms with Gasteiger partial charge in [0, 0.05) is 29.8 Å². The quantitative estimate of drug-likeness (QED) is 0.537. The van der Waals surface area contributed by atoms with Crippen molar-refractivity contribution in [2.24, 2.45) is 0 Å². The first-order valence-corrected chi connectivity index (χ1v) is 9.74. The molecule has 0 fully saturated rings. The standard InChI is InChI=1S/C23H24N2O7/c1-14-18-11-17(30-4)8-9-19(18)32-22(14)23(28)31-13-21(27)25(2)12-20(26)24-15-6-5-7-16(10-15)29-3/h5-11H,12-13H2,1-4H3,(H,24,26). The van der Waals surface area contributed by atoms with Gasteiger partial charge >= 0.3 is 5.97 Å². The minimum atomic E-state index is -0.764. The van der Waals surface area contributed by atoms with Gasteiger partial charge < -0.3 is 28.8 Å². The Balaban J connectivity index is 1.55. The highest BCUT2D eigenvalue weighted by Gasteiger charge is 2.22. The van der Waals surface area contributed by atoms with Crippen LogP contribution in [0.2, 0.25) is 0 Å². The van der Waals surface area contributed by atoms with Gasteiger partial charge in [-0.1, -0.05) is 6.07 Å². The van der Waals surface area contributed by atoms with Crippen molar-refractivity contribution in [1.82, 2.24) is 4.90 Å². The van der Waals surface area contributed by atoms with E-state index in [1.807, 2.05) is 0 Å². The molecule has 168 valence electrons. The van der Waals surface area contributed by atoms with Gasteiger partial charge in [0.25, 0.3) is 5.91 Å². The molecule has 3 rings (SSSR count). The van der Waals surface area contributed by atoms with Crippen LogP contribution >= 0.6 is 0 Å². The lowest BCUT2D eigenvalue weighted by molar-refractivity contribution is -0.136. The van der Waals surface area contributed by atoms with E-state index < -0.39 is 24.4 Å². The van der Waals surface area contributed by atoms with Gasteiger partial charge in [0.2, 0.25) is 11.7 Å². The van der Waals surface area contributed by atoms with E-state index in [2.05, 4.69) is 5.32 Å². The Morgan fingerprint density at radius 3 is 2.47 bits per heavy atom. The average Bonchev–Trinajstić information content (AvgIpc) is 3.12. The highest BCUT2D eigenvalue weighted by molar-refractivity contribution is 5.98. The zero-order valence-corrected chi connectivity index (χ0v) is 18.3. The summed E-state index contributed by atoms with van der Waals surface area (Å²) in [6.45, 7) is 0.983. The molecule has 1 aromatic heterocycles. The monoisotopic (exact) mass is 440 g/mol. The van der Waals surface area contributed by atoms with Crippen LogP contribution in [0.4, 0.5) is 5.69 Å². The molecule has 1 heterocycles. The van der Waals surface area contributed by atoms with Gasteiger partial charge in [-0.3, -0.25) is 9.59 Å². The summed E-state index contributed by atoms with van der Waals surface area (Å²) in [6.07, 6.45) is 0. The Morgan fingerprint density at radius 2 is 1.75 bits per heavy atom. The second kappa shape index (κ2) is 9.86. The maximum atomic E-state index is 12.4. The lowest BCUT2D eigenvalue weighted by Gasteiger charge is -2.16. The van der Waals surface area contributed by atoms with E-state index in [-0.39, 0.29) is 12.3 Å². The number of anilines is 1. The molecule has 3 aromatic rings. The van der Waals surface area contributed by atoms with Crippen LogP contribution in [-0.2, 0) is 14.3 Å². The third kappa shape index (κ3) is 5.18. The number of furan rings is 1. The number of methoxy groups -OCH3 is 2. The molecule has 0 radical (unpaired) electrons. The zero-order chi connectivity index (χ0) is 23.3. The number of rotatable bonds is 8. The van der Waals surface area contributed by atoms with Crippen molar-refractivity contribution in [2.75, 3.05) is 39.7 Å². The predicted octanol–water partition coefficient (Wildman–Crippen LogP) is 3.01. The molecular weight excluding hydrogens is 416 g/mol. The fourth-order valence-electron chi connectivity index (χ4n) is 3.03. The van der Waals surface area contributed by atoms with Crippen molar-refractivity contribution in [3.05, 3.63) is 53.8 Å². The normalized spacial score (nSPS) is 10.5. The van der Waals surface area contributed by atoms with Crippen molar-refractivity contribution in [2.45, 2.75) is 6.92 Å². The fourth-order valence-corrected chi connectivity index (χ4v) is 3.03. The third-order valence-corrected chi connectivity index (χ3v) is 4.82. The van der Waals surface area contributed by atoms with Gasteiger partial charge in [-0.2, -0.15) is 0 Å². The van der Waals surface area contributed by atoms with Crippen LogP contribution in [0.15, 0.2) is 46.9 Å². The summed E-state index contributed by atoms with van der Waals surface area (Å²) >= 11 is 0. The molecule has 9 nitrogen and oxygen atoms in total. The van der Waals surface area contributed by atoms with Crippen molar-refractivity contribution in [1.29, 1.82) is 0 Å². The van der Waals surface area contributed by atoms with Crippen molar-refractivity contribution in [3.8, 4) is 11.5 Å². The van der Waals surface area contributed by atoms with Crippen molar-refractivity contribution in [3.63, 3.8) is 0 Å². The largest absolute Gasteiger partial charge is 0.497 e. The third-order valence-electron chi connectivity index (χ3n) is 4.82. The molecule has 0 aliphatic carbocycles. The van der Waals surface area contributed by atoms with E-state index in [0.29, 0.717) is 33.7 Å². The van der Waals surface area contributed by atoms with E-state index in [9.17, 15) is 14.4 Å². The van der Waals surface area contributed by atoms with Gasteiger partial charge in [0.1, 0.15) is 17.1 Å². The molecule has 0 atom stereocenters. The number of aryl methyl sites for hydroxylation is 1. The van der Waals surface area contributed by atoms with Crippen LogP contribution < -0.4 is 14.8 Å². The average molecular weight is 440 g/mol. The Morgan fingerprint density at radius 1 is 1.03 bits per heavy atom. The molecule has 0 spiro atoms. The summed E-state index contributed by atoms with van der Waals surface area (Å²) in [5, 5.41) is 3.40. The second-order valence-corrected chi connectivity index (χ2v) is 7.02. The number of nitrogens with one attached hydrogen (secondary N) is 1. The van der Waals surface area contributed by atoms with Crippen LogP contribution in [0.3, 0.4) is 0 Å². The van der Waals surface area contributed by atoms with Gasteiger partial charge in [0.05, 0.1) is 20.8 Å². The smallest absolute Gasteiger partial charge is 0.375 e. The Kier molecular flexibility index (Phi) is 6.99. The molecule has 0 saturated carbocycles. The van der Waals surface area contributed by atoms with Crippen LogP contribution in [-0.4, -0.2) is 57.1 Å². The number of esters is 1. The maximum Gasteiger partial charge on any atom is 0.375 e. The number of nitrogens with zero attached hydrogens (tertiary/aromatic N) is 1.